The average molecular weight is 334 g/mol. The molecule has 2 amide bonds. The van der Waals surface area contributed by atoms with Crippen LogP contribution < -0.4 is 10.6 Å². The lowest BCUT2D eigenvalue weighted by Gasteiger charge is -2.29. The van der Waals surface area contributed by atoms with Crippen LogP contribution in [0.1, 0.15) is 42.5 Å². The fourth-order valence-corrected chi connectivity index (χ4v) is 4.01. The van der Waals surface area contributed by atoms with Crippen molar-refractivity contribution >= 4 is 35.2 Å². The van der Waals surface area contributed by atoms with Crippen molar-refractivity contribution in [3.63, 3.8) is 0 Å². The predicted octanol–water partition coefficient (Wildman–Crippen LogP) is 2.25. The Morgan fingerprint density at radius 2 is 2.04 bits per heavy atom. The molecule has 1 aliphatic heterocycles. The first-order valence-electron chi connectivity index (χ1n) is 7.58. The second kappa shape index (κ2) is 6.23. The van der Waals surface area contributed by atoms with E-state index in [1.807, 2.05) is 6.07 Å². The number of rotatable bonds is 4. The highest BCUT2D eigenvalue weighted by atomic mass is 32.2. The maximum Gasteiger partial charge on any atom is 0.305 e. The molecule has 0 spiro atoms. The Labute approximate surface area is 138 Å². The van der Waals surface area contributed by atoms with Gasteiger partial charge >= 0.3 is 5.97 Å². The van der Waals surface area contributed by atoms with Gasteiger partial charge < -0.3 is 15.7 Å². The van der Waals surface area contributed by atoms with Crippen LogP contribution in [-0.4, -0.2) is 34.2 Å². The molecular weight excluding hydrogens is 316 g/mol. The quantitative estimate of drug-likeness (QED) is 0.785. The second-order valence-electron chi connectivity index (χ2n) is 6.06. The Hall–Kier alpha value is -2.02. The Morgan fingerprint density at radius 1 is 1.30 bits per heavy atom. The SMILES string of the molecule is O=C(O)CC1(NC(=O)c2ccc3c(c2)NC(=O)CS3)CCCC1. The Morgan fingerprint density at radius 3 is 2.74 bits per heavy atom. The van der Waals surface area contributed by atoms with Crippen molar-refractivity contribution in [1.29, 1.82) is 0 Å². The van der Waals surface area contributed by atoms with Crippen LogP contribution in [-0.2, 0) is 9.59 Å². The van der Waals surface area contributed by atoms with Gasteiger partial charge in [-0.25, -0.2) is 0 Å². The van der Waals surface area contributed by atoms with Crippen molar-refractivity contribution in [1.82, 2.24) is 5.32 Å². The molecular formula is C16H18N2O4S. The van der Waals surface area contributed by atoms with Crippen LogP contribution in [0.3, 0.4) is 0 Å². The molecule has 1 aromatic rings. The monoisotopic (exact) mass is 334 g/mol. The number of carbonyl (C=O) groups excluding carboxylic acids is 2. The molecule has 1 aliphatic carbocycles. The number of nitrogens with one attached hydrogen (secondary N) is 2. The molecule has 23 heavy (non-hydrogen) atoms. The second-order valence-corrected chi connectivity index (χ2v) is 7.08. The molecule has 0 aromatic heterocycles. The third-order valence-corrected chi connectivity index (χ3v) is 5.38. The van der Waals surface area contributed by atoms with Crippen molar-refractivity contribution in [3.8, 4) is 0 Å². The average Bonchev–Trinajstić information content (AvgIpc) is 2.93. The van der Waals surface area contributed by atoms with E-state index in [0.717, 1.165) is 17.7 Å². The van der Waals surface area contributed by atoms with Crippen LogP contribution in [0.15, 0.2) is 23.1 Å². The van der Waals surface area contributed by atoms with Crippen LogP contribution in [0.5, 0.6) is 0 Å². The number of aliphatic carboxylic acids is 1. The van der Waals surface area contributed by atoms with Crippen LogP contribution in [0, 0.1) is 0 Å². The fourth-order valence-electron chi connectivity index (χ4n) is 3.22. The zero-order chi connectivity index (χ0) is 16.4. The zero-order valence-electron chi connectivity index (χ0n) is 12.6. The zero-order valence-corrected chi connectivity index (χ0v) is 13.4. The highest BCUT2D eigenvalue weighted by molar-refractivity contribution is 8.00. The Kier molecular flexibility index (Phi) is 4.30. The summed E-state index contributed by atoms with van der Waals surface area (Å²) < 4.78 is 0. The number of benzene rings is 1. The molecule has 1 fully saturated rings. The number of anilines is 1. The normalized spacial score (nSPS) is 18.9. The van der Waals surface area contributed by atoms with Gasteiger partial charge in [-0.2, -0.15) is 0 Å². The van der Waals surface area contributed by atoms with E-state index < -0.39 is 11.5 Å². The van der Waals surface area contributed by atoms with E-state index in [1.54, 1.807) is 12.1 Å². The molecule has 0 saturated heterocycles. The van der Waals surface area contributed by atoms with Crippen LogP contribution in [0.4, 0.5) is 5.69 Å². The van der Waals surface area contributed by atoms with Crippen LogP contribution in [0.25, 0.3) is 0 Å². The topological polar surface area (TPSA) is 95.5 Å². The van der Waals surface area contributed by atoms with Crippen molar-refractivity contribution < 1.29 is 19.5 Å². The lowest BCUT2D eigenvalue weighted by atomic mass is 9.92. The first-order chi connectivity index (χ1) is 11.0. The standard InChI is InChI=1S/C16H18N2O4S/c19-13-9-23-12-4-3-10(7-11(12)17-13)15(22)18-16(8-14(20)21)5-1-2-6-16/h3-4,7H,1-2,5-6,8-9H2,(H,17,19)(H,18,22)(H,20,21). The van der Waals surface area contributed by atoms with Gasteiger partial charge in [0.15, 0.2) is 0 Å². The molecule has 1 aromatic carbocycles. The summed E-state index contributed by atoms with van der Waals surface area (Å²) in [7, 11) is 0. The third kappa shape index (κ3) is 3.50. The lowest BCUT2D eigenvalue weighted by Crippen LogP contribution is -2.47. The van der Waals surface area contributed by atoms with Gasteiger partial charge in [-0.3, -0.25) is 14.4 Å². The van der Waals surface area contributed by atoms with Gasteiger partial charge in [0.2, 0.25) is 5.91 Å². The molecule has 1 heterocycles. The largest absolute Gasteiger partial charge is 0.481 e. The Bertz CT molecular complexity index is 668. The van der Waals surface area contributed by atoms with E-state index in [9.17, 15) is 14.4 Å². The van der Waals surface area contributed by atoms with E-state index in [2.05, 4.69) is 10.6 Å². The highest BCUT2D eigenvalue weighted by Crippen LogP contribution is 2.34. The summed E-state index contributed by atoms with van der Waals surface area (Å²) in [5, 5.41) is 14.8. The number of carbonyl (C=O) groups is 3. The van der Waals surface area contributed by atoms with E-state index in [0.29, 0.717) is 29.8 Å². The van der Waals surface area contributed by atoms with E-state index in [-0.39, 0.29) is 18.2 Å². The van der Waals surface area contributed by atoms with E-state index in [1.165, 1.54) is 11.8 Å². The molecule has 6 nitrogen and oxygen atoms in total. The Balaban J connectivity index is 1.78. The number of carboxylic acid groups (broad SMARTS) is 1. The molecule has 0 bridgehead atoms. The van der Waals surface area contributed by atoms with Gasteiger partial charge in [-0.15, -0.1) is 11.8 Å². The molecule has 3 N–H and O–H groups in total. The summed E-state index contributed by atoms with van der Waals surface area (Å²) in [6.07, 6.45) is 3.15. The van der Waals surface area contributed by atoms with Gasteiger partial charge in [0, 0.05) is 10.5 Å². The van der Waals surface area contributed by atoms with Crippen LogP contribution >= 0.6 is 11.8 Å². The smallest absolute Gasteiger partial charge is 0.305 e. The summed E-state index contributed by atoms with van der Waals surface area (Å²) in [6, 6.07) is 5.17. The number of thioether (sulfide) groups is 1. The summed E-state index contributed by atoms with van der Waals surface area (Å²) in [6.45, 7) is 0. The first-order valence-corrected chi connectivity index (χ1v) is 8.57. The van der Waals surface area contributed by atoms with Gasteiger partial charge in [0.1, 0.15) is 0 Å². The minimum atomic E-state index is -0.902. The number of carboxylic acids is 1. The van der Waals surface area contributed by atoms with Gasteiger partial charge in [0.25, 0.3) is 5.91 Å². The van der Waals surface area contributed by atoms with Crippen molar-refractivity contribution in [2.24, 2.45) is 0 Å². The molecule has 1 saturated carbocycles. The molecule has 2 aliphatic rings. The maximum absolute atomic E-state index is 12.5. The molecule has 7 heteroatoms. The third-order valence-electron chi connectivity index (χ3n) is 4.30. The fraction of sp³-hybridized carbons (Fsp3) is 0.438. The molecule has 3 rings (SSSR count). The summed E-state index contributed by atoms with van der Waals surface area (Å²) >= 11 is 1.44. The lowest BCUT2D eigenvalue weighted by molar-refractivity contribution is -0.138. The maximum atomic E-state index is 12.5. The number of amides is 2. The van der Waals surface area contributed by atoms with Crippen molar-refractivity contribution in [2.75, 3.05) is 11.1 Å². The number of hydrogen-bond acceptors (Lipinski definition) is 4. The molecule has 0 unspecified atom stereocenters. The minimum absolute atomic E-state index is 0.0593. The van der Waals surface area contributed by atoms with E-state index in [4.69, 9.17) is 5.11 Å². The van der Waals surface area contributed by atoms with Gasteiger partial charge in [0.05, 0.1) is 23.4 Å². The summed E-state index contributed by atoms with van der Waals surface area (Å²) in [5.41, 5.74) is 0.414. The van der Waals surface area contributed by atoms with Crippen molar-refractivity contribution in [2.45, 2.75) is 42.5 Å². The van der Waals surface area contributed by atoms with Crippen LogP contribution in [0.2, 0.25) is 0 Å². The number of fused-ring (bicyclic) bond motifs is 1. The molecule has 0 radical (unpaired) electrons. The van der Waals surface area contributed by atoms with E-state index >= 15 is 0 Å². The number of hydrogen-bond donors (Lipinski definition) is 3. The highest BCUT2D eigenvalue weighted by Gasteiger charge is 2.37. The van der Waals surface area contributed by atoms with Gasteiger partial charge in [-0.1, -0.05) is 12.8 Å². The predicted molar refractivity (Wildman–Crippen MR) is 86.7 cm³/mol. The van der Waals surface area contributed by atoms with Crippen molar-refractivity contribution in [3.05, 3.63) is 23.8 Å². The first kappa shape index (κ1) is 15.9. The minimum Gasteiger partial charge on any atom is -0.481 e. The molecule has 0 atom stereocenters. The van der Waals surface area contributed by atoms with Gasteiger partial charge in [-0.05, 0) is 31.0 Å². The molecule has 122 valence electrons. The summed E-state index contributed by atoms with van der Waals surface area (Å²) in [4.78, 5) is 36.0. The summed E-state index contributed by atoms with van der Waals surface area (Å²) in [5.74, 6) is -0.902.